The Hall–Kier alpha value is -0.770. The molecular weight excluding hydrogens is 263 g/mol. The van der Waals surface area contributed by atoms with E-state index in [2.05, 4.69) is 4.98 Å². The molecule has 0 unspecified atom stereocenters. The minimum atomic E-state index is 0.659. The van der Waals surface area contributed by atoms with E-state index in [4.69, 9.17) is 35.4 Å². The lowest BCUT2D eigenvalue weighted by Crippen LogP contribution is -2.00. The van der Waals surface area contributed by atoms with Gasteiger partial charge in [0.25, 0.3) is 0 Å². The minimum absolute atomic E-state index is 0.659. The molecule has 2 nitrogen and oxygen atoms in total. The maximum atomic E-state index is 6.08. The molecule has 0 saturated carbocycles. The van der Waals surface area contributed by atoms with Crippen molar-refractivity contribution in [2.75, 3.05) is 0 Å². The number of nitrogens with zero attached hydrogens (tertiary/aromatic N) is 1. The number of nitrogens with one attached hydrogen (secondary N) is 1. The van der Waals surface area contributed by atoms with Crippen LogP contribution < -0.4 is 0 Å². The molecule has 2 rings (SSSR count). The van der Waals surface area contributed by atoms with Gasteiger partial charge in [0.05, 0.1) is 0 Å². The third-order valence-corrected chi connectivity index (χ3v) is 3.30. The van der Waals surface area contributed by atoms with Crippen LogP contribution in [0.1, 0.15) is 5.56 Å². The van der Waals surface area contributed by atoms with Crippen LogP contribution in [0.3, 0.4) is 0 Å². The van der Waals surface area contributed by atoms with E-state index >= 15 is 0 Å². The summed E-state index contributed by atoms with van der Waals surface area (Å²) in [5.74, 6) is 0. The Balaban J connectivity index is 2.11. The molecule has 1 N–H and O–H groups in total. The summed E-state index contributed by atoms with van der Waals surface area (Å²) in [5, 5.41) is 1.36. The van der Waals surface area contributed by atoms with Gasteiger partial charge in [0.2, 0.25) is 0 Å². The van der Waals surface area contributed by atoms with E-state index in [9.17, 15) is 0 Å². The summed E-state index contributed by atoms with van der Waals surface area (Å²) in [5.41, 5.74) is 1.08. The predicted octanol–water partition coefficient (Wildman–Crippen LogP) is 4.10. The van der Waals surface area contributed by atoms with Crippen molar-refractivity contribution in [2.45, 2.75) is 13.0 Å². The molecule has 84 valence electrons. The van der Waals surface area contributed by atoms with Crippen molar-refractivity contribution in [2.24, 2.45) is 0 Å². The summed E-state index contributed by atoms with van der Waals surface area (Å²) < 4.78 is 2.70. The first-order valence-corrected chi connectivity index (χ1v) is 6.01. The van der Waals surface area contributed by atoms with Crippen LogP contribution in [0, 0.1) is 4.77 Å². The fourth-order valence-corrected chi connectivity index (χ4v) is 2.21. The molecular formula is C11H10Cl2N2S. The van der Waals surface area contributed by atoms with Crippen molar-refractivity contribution in [3.63, 3.8) is 0 Å². The maximum Gasteiger partial charge on any atom is 0.177 e. The smallest absolute Gasteiger partial charge is 0.177 e. The number of aromatic nitrogens is 2. The predicted molar refractivity (Wildman–Crippen MR) is 69.8 cm³/mol. The SMILES string of the molecule is S=c1[nH]ccn1CCc1ccc(Cl)cc1Cl. The van der Waals surface area contributed by atoms with Crippen molar-refractivity contribution in [1.82, 2.24) is 9.55 Å². The topological polar surface area (TPSA) is 20.7 Å². The van der Waals surface area contributed by atoms with E-state index < -0.39 is 0 Å². The molecule has 0 spiro atoms. The number of H-pyrrole nitrogens is 1. The van der Waals surface area contributed by atoms with Gasteiger partial charge in [0, 0.05) is 29.0 Å². The normalized spacial score (nSPS) is 10.6. The van der Waals surface area contributed by atoms with Gasteiger partial charge in [-0.05, 0) is 36.3 Å². The third kappa shape index (κ3) is 2.67. The van der Waals surface area contributed by atoms with Gasteiger partial charge in [0.1, 0.15) is 0 Å². The van der Waals surface area contributed by atoms with Gasteiger partial charge in [-0.25, -0.2) is 0 Å². The molecule has 0 saturated heterocycles. The lowest BCUT2D eigenvalue weighted by molar-refractivity contribution is 0.687. The second kappa shape index (κ2) is 5.04. The van der Waals surface area contributed by atoms with Gasteiger partial charge in [-0.3, -0.25) is 0 Å². The van der Waals surface area contributed by atoms with Crippen LogP contribution in [-0.2, 0) is 13.0 Å². The Kier molecular flexibility index (Phi) is 3.69. The molecule has 16 heavy (non-hydrogen) atoms. The maximum absolute atomic E-state index is 6.08. The molecule has 0 bridgehead atoms. The van der Waals surface area contributed by atoms with Crippen LogP contribution in [0.25, 0.3) is 0 Å². The van der Waals surface area contributed by atoms with Gasteiger partial charge >= 0.3 is 0 Å². The third-order valence-electron chi connectivity index (χ3n) is 2.36. The van der Waals surface area contributed by atoms with Crippen molar-refractivity contribution < 1.29 is 0 Å². The molecule has 0 aliphatic heterocycles. The minimum Gasteiger partial charge on any atom is -0.337 e. The second-order valence-corrected chi connectivity index (χ2v) is 4.67. The Morgan fingerprint density at radius 3 is 2.75 bits per heavy atom. The summed E-state index contributed by atoms with van der Waals surface area (Å²) in [6.07, 6.45) is 4.58. The van der Waals surface area contributed by atoms with Crippen LogP contribution in [0.4, 0.5) is 0 Å². The van der Waals surface area contributed by atoms with Crippen LogP contribution in [0.15, 0.2) is 30.6 Å². The van der Waals surface area contributed by atoms with Crippen molar-refractivity contribution in [1.29, 1.82) is 0 Å². The Labute approximate surface area is 109 Å². The van der Waals surface area contributed by atoms with Gasteiger partial charge in [-0.15, -0.1) is 0 Å². The molecule has 0 radical (unpaired) electrons. The lowest BCUT2D eigenvalue weighted by atomic mass is 10.1. The van der Waals surface area contributed by atoms with Gasteiger partial charge < -0.3 is 9.55 Å². The number of imidazole rings is 1. The zero-order valence-corrected chi connectivity index (χ0v) is 10.7. The Bertz CT molecular complexity index is 545. The Morgan fingerprint density at radius 2 is 2.12 bits per heavy atom. The summed E-state index contributed by atoms with van der Waals surface area (Å²) in [7, 11) is 0. The molecule has 0 amide bonds. The highest BCUT2D eigenvalue weighted by Crippen LogP contribution is 2.21. The number of halogens is 2. The monoisotopic (exact) mass is 272 g/mol. The lowest BCUT2D eigenvalue weighted by Gasteiger charge is -2.05. The van der Waals surface area contributed by atoms with Gasteiger partial charge in [-0.1, -0.05) is 29.3 Å². The van der Waals surface area contributed by atoms with E-state index in [1.165, 1.54) is 0 Å². The first-order valence-electron chi connectivity index (χ1n) is 4.84. The van der Waals surface area contributed by atoms with E-state index in [0.29, 0.717) is 10.0 Å². The fourth-order valence-electron chi connectivity index (χ4n) is 1.49. The molecule has 1 heterocycles. The fraction of sp³-hybridized carbons (Fsp3) is 0.182. The molecule has 1 aromatic heterocycles. The van der Waals surface area contributed by atoms with Crippen molar-refractivity contribution >= 4 is 35.4 Å². The molecule has 0 aliphatic rings. The molecule has 0 aliphatic carbocycles. The first-order chi connectivity index (χ1) is 7.66. The van der Waals surface area contributed by atoms with Crippen LogP contribution in [-0.4, -0.2) is 9.55 Å². The molecule has 5 heteroatoms. The van der Waals surface area contributed by atoms with E-state index in [1.54, 1.807) is 6.07 Å². The summed E-state index contributed by atoms with van der Waals surface area (Å²) in [4.78, 5) is 2.95. The molecule has 2 aromatic rings. The number of aromatic amines is 1. The summed E-state index contributed by atoms with van der Waals surface area (Å²) in [6.45, 7) is 0.809. The summed E-state index contributed by atoms with van der Waals surface area (Å²) in [6, 6.07) is 5.55. The second-order valence-electron chi connectivity index (χ2n) is 3.44. The van der Waals surface area contributed by atoms with Crippen LogP contribution in [0.2, 0.25) is 10.0 Å². The highest BCUT2D eigenvalue weighted by molar-refractivity contribution is 7.71. The molecule has 1 aromatic carbocycles. The van der Waals surface area contributed by atoms with E-state index in [1.807, 2.05) is 29.1 Å². The number of rotatable bonds is 3. The quantitative estimate of drug-likeness (QED) is 0.835. The molecule has 0 fully saturated rings. The van der Waals surface area contributed by atoms with Crippen LogP contribution in [0.5, 0.6) is 0 Å². The average molecular weight is 273 g/mol. The highest BCUT2D eigenvalue weighted by atomic mass is 35.5. The zero-order valence-electron chi connectivity index (χ0n) is 8.41. The average Bonchev–Trinajstić information content (AvgIpc) is 2.63. The standard InChI is InChI=1S/C11H10Cl2N2S/c12-9-2-1-8(10(13)7-9)3-5-15-6-4-14-11(15)16/h1-2,4,6-7H,3,5H2,(H,14,16). The summed E-state index contributed by atoms with van der Waals surface area (Å²) >= 11 is 17.0. The van der Waals surface area contributed by atoms with Crippen LogP contribution >= 0.6 is 35.4 Å². The largest absolute Gasteiger partial charge is 0.337 e. The number of hydrogen-bond donors (Lipinski definition) is 1. The number of benzene rings is 1. The number of aryl methyl sites for hydroxylation is 2. The van der Waals surface area contributed by atoms with E-state index in [0.717, 1.165) is 23.3 Å². The van der Waals surface area contributed by atoms with Gasteiger partial charge in [-0.2, -0.15) is 0 Å². The molecule has 0 atom stereocenters. The van der Waals surface area contributed by atoms with E-state index in [-0.39, 0.29) is 0 Å². The first kappa shape index (κ1) is 11.7. The zero-order chi connectivity index (χ0) is 11.5. The highest BCUT2D eigenvalue weighted by Gasteiger charge is 2.02. The van der Waals surface area contributed by atoms with Crippen molar-refractivity contribution in [3.8, 4) is 0 Å². The number of hydrogen-bond acceptors (Lipinski definition) is 1. The van der Waals surface area contributed by atoms with Gasteiger partial charge in [0.15, 0.2) is 4.77 Å². The Morgan fingerprint density at radius 1 is 1.31 bits per heavy atom. The van der Waals surface area contributed by atoms with Crippen molar-refractivity contribution in [3.05, 3.63) is 51.0 Å².